The monoisotopic (exact) mass is 703 g/mol. The smallest absolute Gasteiger partial charge is 1.00 e. The molecular formula is C38H47Cl2N2Ru. The van der Waals surface area contributed by atoms with Crippen molar-refractivity contribution < 1.29 is 39.9 Å². The summed E-state index contributed by atoms with van der Waals surface area (Å²) in [5, 5.41) is 0. The summed E-state index contributed by atoms with van der Waals surface area (Å²) in [7, 11) is 0. The Morgan fingerprint density at radius 1 is 0.628 bits per heavy atom. The number of nitrogens with zero attached hydrogens (tertiary/aromatic N) is 2. The van der Waals surface area contributed by atoms with Gasteiger partial charge in [-0.25, -0.2) is 0 Å². The molecule has 2 nitrogen and oxygen atoms in total. The molecule has 0 spiro atoms. The normalized spacial score (nSPS) is 16.6. The molecule has 5 heteroatoms. The summed E-state index contributed by atoms with van der Waals surface area (Å²) in [6.07, 6.45) is 0. The summed E-state index contributed by atoms with van der Waals surface area (Å²) in [4.78, 5) is 5.45. The third-order valence-electron chi connectivity index (χ3n) is 9.09. The quantitative estimate of drug-likeness (QED) is 0.386. The molecule has 0 atom stereocenters. The summed E-state index contributed by atoms with van der Waals surface area (Å²) >= 11 is -1.97. The molecule has 3 aromatic rings. The van der Waals surface area contributed by atoms with E-state index >= 15 is 0 Å². The summed E-state index contributed by atoms with van der Waals surface area (Å²) in [5.74, 6) is 0. The molecule has 1 fully saturated rings. The average Bonchev–Trinajstić information content (AvgIpc) is 3.35. The molecule has 0 unspecified atom stereocenters. The minimum atomic E-state index is -1.97. The zero-order valence-electron chi connectivity index (χ0n) is 27.7. The van der Waals surface area contributed by atoms with Gasteiger partial charge in [0, 0.05) is 0 Å². The van der Waals surface area contributed by atoms with E-state index in [1.807, 2.05) is 0 Å². The molecule has 3 aromatic carbocycles. The van der Waals surface area contributed by atoms with Gasteiger partial charge in [-0.05, 0) is 0 Å². The van der Waals surface area contributed by atoms with E-state index in [2.05, 4.69) is 145 Å². The van der Waals surface area contributed by atoms with Crippen LogP contribution in [-0.2, 0) is 15.0 Å². The fourth-order valence-electron chi connectivity index (χ4n) is 7.06. The molecule has 1 saturated heterocycles. The van der Waals surface area contributed by atoms with Crippen molar-refractivity contribution in [2.24, 2.45) is 5.41 Å². The molecule has 0 N–H and O–H groups in total. The molecule has 0 bridgehead atoms. The van der Waals surface area contributed by atoms with Crippen molar-refractivity contribution in [3.8, 4) is 0 Å². The van der Waals surface area contributed by atoms with Gasteiger partial charge in [-0.15, -0.1) is 0 Å². The summed E-state index contributed by atoms with van der Waals surface area (Å²) in [6.45, 7) is 27.7. The maximum Gasteiger partial charge on any atom is -1.00 e. The molecule has 1 heterocycles. The maximum absolute atomic E-state index is 2.72. The van der Waals surface area contributed by atoms with Gasteiger partial charge in [-0.1, -0.05) is 0 Å². The van der Waals surface area contributed by atoms with Crippen LogP contribution in [0.1, 0.15) is 73.6 Å². The van der Waals surface area contributed by atoms with E-state index in [1.165, 1.54) is 71.4 Å². The van der Waals surface area contributed by atoms with Crippen molar-refractivity contribution in [3.63, 3.8) is 0 Å². The minimum absolute atomic E-state index is 0. The molecule has 5 rings (SSSR count). The van der Waals surface area contributed by atoms with Crippen LogP contribution in [0.4, 0.5) is 11.4 Å². The molecular weight excluding hydrogens is 656 g/mol. The number of rotatable bonds is 4. The van der Waals surface area contributed by atoms with Gasteiger partial charge < -0.3 is 24.8 Å². The minimum Gasteiger partial charge on any atom is -1.00 e. The standard InChI is InChI=1S/C21H26N2.C10H15.C7H6.2ClH.Ru/c1-14-9-16(3)20(17(4)10-14)22-7-8-23(13-22)21-18(5)11-15(2)12-19(21)6;1-7-6-10(4,5)9(3)8(7)2;1-7-5-3-2-4-6-7;;;/h9-12H,7-8H2,1-6H3;1-5H3;1-6H;2*1H;/q;;;;;+2/p-2. The van der Waals surface area contributed by atoms with Gasteiger partial charge in [0.25, 0.3) is 0 Å². The van der Waals surface area contributed by atoms with Crippen LogP contribution in [0.2, 0.25) is 0 Å². The van der Waals surface area contributed by atoms with Gasteiger partial charge in [0.05, 0.1) is 0 Å². The first-order chi connectivity index (χ1) is 19.3. The molecule has 0 radical (unpaired) electrons. The first kappa shape index (κ1) is 35.2. The van der Waals surface area contributed by atoms with Gasteiger partial charge >= 0.3 is 254 Å². The number of benzene rings is 3. The fourth-order valence-corrected chi connectivity index (χ4v) is 13.2. The Bertz CT molecular complexity index is 1590. The molecule has 1 aliphatic heterocycles. The Morgan fingerprint density at radius 2 is 1.05 bits per heavy atom. The van der Waals surface area contributed by atoms with Gasteiger partial charge in [0.1, 0.15) is 0 Å². The van der Waals surface area contributed by atoms with Crippen molar-refractivity contribution in [3.05, 3.63) is 114 Å². The third kappa shape index (κ3) is 6.29. The van der Waals surface area contributed by atoms with Crippen LogP contribution in [0.5, 0.6) is 0 Å². The van der Waals surface area contributed by atoms with E-state index in [1.54, 1.807) is 4.17 Å². The fraction of sp³-hybridized carbons (Fsp3) is 0.368. The van der Waals surface area contributed by atoms with Crippen molar-refractivity contribution >= 4 is 20.3 Å². The summed E-state index contributed by atoms with van der Waals surface area (Å²) < 4.78 is 5.86. The Morgan fingerprint density at radius 3 is 1.42 bits per heavy atom. The Balaban J connectivity index is 0.00000253. The Labute approximate surface area is 277 Å². The van der Waals surface area contributed by atoms with Gasteiger partial charge in [0.15, 0.2) is 0 Å². The third-order valence-corrected chi connectivity index (χ3v) is 14.6. The van der Waals surface area contributed by atoms with Crippen molar-refractivity contribution in [1.29, 1.82) is 0 Å². The molecule has 0 aromatic heterocycles. The topological polar surface area (TPSA) is 6.48 Å². The number of allylic oxidation sites excluding steroid dienone is 4. The predicted octanol–water partition coefficient (Wildman–Crippen LogP) is 3.08. The molecule has 43 heavy (non-hydrogen) atoms. The molecule has 2 aliphatic rings. The van der Waals surface area contributed by atoms with Crippen molar-refractivity contribution in [2.75, 3.05) is 22.9 Å². The van der Waals surface area contributed by atoms with Crippen LogP contribution in [0.3, 0.4) is 0 Å². The summed E-state index contributed by atoms with van der Waals surface area (Å²) in [6, 6.07) is 20.5. The maximum atomic E-state index is 2.72. The van der Waals surface area contributed by atoms with Gasteiger partial charge in [-0.3, -0.25) is 0 Å². The van der Waals surface area contributed by atoms with Crippen LogP contribution in [0, 0.1) is 47.0 Å². The average molecular weight is 704 g/mol. The SMILES string of the molecule is CC1=C(C)C(C)(C)[C]([Ru+2](=[CH]c2ccccc2)=[C]2N(c3c(C)cc(C)cc3C)CCN2c2c(C)cc(C)cc2C)=C1C.[Cl-].[Cl-]. The first-order valence-corrected chi connectivity index (χ1v) is 17.6. The van der Waals surface area contributed by atoms with E-state index in [0.717, 1.165) is 13.1 Å². The number of aryl methyl sites for hydroxylation is 6. The van der Waals surface area contributed by atoms with E-state index in [4.69, 9.17) is 0 Å². The van der Waals surface area contributed by atoms with E-state index in [9.17, 15) is 0 Å². The van der Waals surface area contributed by atoms with Crippen molar-refractivity contribution in [1.82, 2.24) is 0 Å². The predicted molar refractivity (Wildman–Crippen MR) is 177 cm³/mol. The molecule has 0 saturated carbocycles. The van der Waals surface area contributed by atoms with Gasteiger partial charge in [-0.2, -0.15) is 0 Å². The van der Waals surface area contributed by atoms with Crippen molar-refractivity contribution in [2.45, 2.75) is 76.2 Å². The first-order valence-electron chi connectivity index (χ1n) is 14.8. The van der Waals surface area contributed by atoms with E-state index < -0.39 is 15.0 Å². The van der Waals surface area contributed by atoms with Crippen LogP contribution < -0.4 is 34.6 Å². The number of halogens is 2. The number of anilines is 2. The van der Waals surface area contributed by atoms with Gasteiger partial charge in [0.2, 0.25) is 0 Å². The zero-order valence-corrected chi connectivity index (χ0v) is 30.9. The summed E-state index contributed by atoms with van der Waals surface area (Å²) in [5.41, 5.74) is 16.8. The molecule has 1 aliphatic carbocycles. The zero-order chi connectivity index (χ0) is 29.8. The molecule has 231 valence electrons. The van der Waals surface area contributed by atoms with Crippen LogP contribution >= 0.6 is 0 Å². The largest absolute Gasteiger partial charge is 1.00 e. The second kappa shape index (κ2) is 13.4. The Hall–Kier alpha value is -2.32. The second-order valence-electron chi connectivity index (χ2n) is 12.7. The van der Waals surface area contributed by atoms with Crippen LogP contribution in [-0.4, -0.2) is 22.1 Å². The molecule has 0 amide bonds. The second-order valence-corrected chi connectivity index (χ2v) is 16.2. The Kier molecular flexibility index (Phi) is 10.9. The number of hydrogen-bond donors (Lipinski definition) is 0. The van der Waals surface area contributed by atoms with Crippen LogP contribution in [0.25, 0.3) is 0 Å². The van der Waals surface area contributed by atoms with E-state index in [-0.39, 0.29) is 30.2 Å². The van der Waals surface area contributed by atoms with E-state index in [0.29, 0.717) is 0 Å². The van der Waals surface area contributed by atoms with Crippen LogP contribution in [0.15, 0.2) is 75.5 Å². The number of hydrogen-bond acceptors (Lipinski definition) is 2.